The van der Waals surface area contributed by atoms with Gasteiger partial charge in [-0.2, -0.15) is 5.10 Å². The number of amides is 2. The molecule has 0 saturated carbocycles. The van der Waals surface area contributed by atoms with E-state index in [1.165, 1.54) is 5.56 Å². The van der Waals surface area contributed by atoms with E-state index < -0.39 is 0 Å². The van der Waals surface area contributed by atoms with E-state index in [1.54, 1.807) is 6.21 Å². The highest BCUT2D eigenvalue weighted by Crippen LogP contribution is 2.16. The van der Waals surface area contributed by atoms with Gasteiger partial charge in [0.05, 0.1) is 0 Å². The lowest BCUT2D eigenvalue weighted by atomic mass is 10.1. The molecular formula is C21H25N3O2. The number of anilines is 1. The van der Waals surface area contributed by atoms with Crippen molar-refractivity contribution in [3.8, 4) is 0 Å². The fraction of sp³-hybridized carbons (Fsp3) is 0.286. The maximum atomic E-state index is 12.0. The summed E-state index contributed by atoms with van der Waals surface area (Å²) >= 11 is 0. The second kappa shape index (κ2) is 10.1. The number of hydrogen-bond acceptors (Lipinski definition) is 3. The van der Waals surface area contributed by atoms with E-state index in [1.807, 2.05) is 50.2 Å². The number of carbonyl (C=O) groups excluding carboxylic acids is 2. The van der Waals surface area contributed by atoms with Crippen LogP contribution in [0.5, 0.6) is 0 Å². The Kier molecular flexibility index (Phi) is 7.55. The van der Waals surface area contributed by atoms with Gasteiger partial charge in [-0.15, -0.1) is 0 Å². The predicted octanol–water partition coefficient (Wildman–Crippen LogP) is 3.76. The Morgan fingerprint density at radius 2 is 1.73 bits per heavy atom. The highest BCUT2D eigenvalue weighted by atomic mass is 16.2. The molecule has 0 bridgehead atoms. The molecule has 26 heavy (non-hydrogen) atoms. The van der Waals surface area contributed by atoms with Crippen molar-refractivity contribution in [2.45, 2.75) is 39.5 Å². The number of benzene rings is 2. The van der Waals surface area contributed by atoms with Crippen LogP contribution in [-0.2, 0) is 16.0 Å². The average molecular weight is 351 g/mol. The van der Waals surface area contributed by atoms with Gasteiger partial charge in [0.2, 0.25) is 11.8 Å². The van der Waals surface area contributed by atoms with Crippen LogP contribution >= 0.6 is 0 Å². The Labute approximate surface area is 154 Å². The van der Waals surface area contributed by atoms with E-state index in [0.717, 1.165) is 29.7 Å². The van der Waals surface area contributed by atoms with Gasteiger partial charge in [0.1, 0.15) is 0 Å². The molecule has 0 radical (unpaired) electrons. The average Bonchev–Trinajstić information content (AvgIpc) is 2.63. The minimum absolute atomic E-state index is 0.104. The van der Waals surface area contributed by atoms with Crippen LogP contribution in [-0.4, -0.2) is 18.0 Å². The summed E-state index contributed by atoms with van der Waals surface area (Å²) in [6, 6.07) is 16.0. The zero-order chi connectivity index (χ0) is 18.8. The minimum atomic E-state index is -0.267. The molecule has 5 nitrogen and oxygen atoms in total. The molecule has 0 aliphatic carbocycles. The molecule has 0 unspecified atom stereocenters. The van der Waals surface area contributed by atoms with Gasteiger partial charge in [-0.25, -0.2) is 5.43 Å². The highest BCUT2D eigenvalue weighted by Gasteiger charge is 2.08. The molecular weight excluding hydrogens is 326 g/mol. The zero-order valence-corrected chi connectivity index (χ0v) is 15.3. The van der Waals surface area contributed by atoms with Crippen LogP contribution < -0.4 is 10.7 Å². The van der Waals surface area contributed by atoms with E-state index in [0.29, 0.717) is 0 Å². The molecule has 2 rings (SSSR count). The van der Waals surface area contributed by atoms with Gasteiger partial charge >= 0.3 is 0 Å². The van der Waals surface area contributed by atoms with Crippen LogP contribution in [0.1, 0.15) is 36.0 Å². The van der Waals surface area contributed by atoms with Crippen LogP contribution in [0.25, 0.3) is 0 Å². The molecule has 0 atom stereocenters. The number of rotatable bonds is 8. The summed E-state index contributed by atoms with van der Waals surface area (Å²) in [6.45, 7) is 3.91. The Balaban J connectivity index is 1.65. The first-order chi connectivity index (χ1) is 12.5. The van der Waals surface area contributed by atoms with Crippen molar-refractivity contribution >= 4 is 23.7 Å². The fourth-order valence-corrected chi connectivity index (χ4v) is 2.42. The van der Waals surface area contributed by atoms with E-state index in [2.05, 4.69) is 28.0 Å². The minimum Gasteiger partial charge on any atom is -0.326 e. The molecule has 136 valence electrons. The third kappa shape index (κ3) is 6.89. The van der Waals surface area contributed by atoms with Crippen LogP contribution in [0.2, 0.25) is 0 Å². The number of nitrogens with one attached hydrogen (secondary N) is 2. The van der Waals surface area contributed by atoms with Crippen LogP contribution in [0, 0.1) is 13.8 Å². The molecule has 0 aliphatic rings. The Morgan fingerprint density at radius 3 is 2.50 bits per heavy atom. The molecule has 2 N–H and O–H groups in total. The maximum absolute atomic E-state index is 12.0. The molecule has 0 saturated heterocycles. The van der Waals surface area contributed by atoms with Crippen molar-refractivity contribution in [2.24, 2.45) is 5.10 Å². The lowest BCUT2D eigenvalue weighted by molar-refractivity contribution is -0.124. The van der Waals surface area contributed by atoms with Crippen LogP contribution in [0.4, 0.5) is 5.69 Å². The molecule has 0 aromatic heterocycles. The van der Waals surface area contributed by atoms with Gasteiger partial charge in [-0.3, -0.25) is 9.59 Å². The first-order valence-corrected chi connectivity index (χ1v) is 8.76. The molecule has 0 aliphatic heterocycles. The molecule has 2 amide bonds. The number of nitrogens with zero attached hydrogens (tertiary/aromatic N) is 1. The van der Waals surface area contributed by atoms with E-state index in [-0.39, 0.29) is 24.7 Å². The fourth-order valence-electron chi connectivity index (χ4n) is 2.42. The number of hydrazone groups is 1. The zero-order valence-electron chi connectivity index (χ0n) is 15.3. The van der Waals surface area contributed by atoms with Crippen molar-refractivity contribution in [3.05, 3.63) is 65.2 Å². The van der Waals surface area contributed by atoms with Gasteiger partial charge in [-0.05, 0) is 49.4 Å². The number of aryl methyl sites for hydroxylation is 3. The largest absolute Gasteiger partial charge is 0.326 e. The SMILES string of the molecule is Cc1ccc(C)c(NC(=O)CCC(=O)N/N=C/CCc2ccccc2)c1. The summed E-state index contributed by atoms with van der Waals surface area (Å²) < 4.78 is 0. The van der Waals surface area contributed by atoms with Gasteiger partial charge in [0.15, 0.2) is 0 Å². The molecule has 0 spiro atoms. The number of hydrogen-bond donors (Lipinski definition) is 2. The van der Waals surface area contributed by atoms with Crippen molar-refractivity contribution in [1.82, 2.24) is 5.43 Å². The van der Waals surface area contributed by atoms with Crippen LogP contribution in [0.15, 0.2) is 53.6 Å². The van der Waals surface area contributed by atoms with Gasteiger partial charge in [-0.1, -0.05) is 42.5 Å². The Morgan fingerprint density at radius 1 is 1.00 bits per heavy atom. The summed E-state index contributed by atoms with van der Waals surface area (Å²) in [6.07, 6.45) is 3.53. The van der Waals surface area contributed by atoms with E-state index in [9.17, 15) is 9.59 Å². The summed E-state index contributed by atoms with van der Waals surface area (Å²) in [5, 5.41) is 6.76. The second-order valence-electron chi connectivity index (χ2n) is 6.24. The lowest BCUT2D eigenvalue weighted by Crippen LogP contribution is -2.20. The lowest BCUT2D eigenvalue weighted by Gasteiger charge is -2.09. The first kappa shape index (κ1) is 19.4. The van der Waals surface area contributed by atoms with Crippen LogP contribution in [0.3, 0.4) is 0 Å². The van der Waals surface area contributed by atoms with E-state index in [4.69, 9.17) is 0 Å². The summed E-state index contributed by atoms with van der Waals surface area (Å²) in [7, 11) is 0. The van der Waals surface area contributed by atoms with Gasteiger partial charge < -0.3 is 5.32 Å². The topological polar surface area (TPSA) is 70.6 Å². The summed E-state index contributed by atoms with van der Waals surface area (Å²) in [5.74, 6) is -0.445. The van der Waals surface area contributed by atoms with Crippen molar-refractivity contribution in [2.75, 3.05) is 5.32 Å². The van der Waals surface area contributed by atoms with E-state index >= 15 is 0 Å². The smallest absolute Gasteiger partial charge is 0.240 e. The normalized spacial score (nSPS) is 10.7. The molecule has 2 aromatic rings. The molecule has 5 heteroatoms. The van der Waals surface area contributed by atoms with Crippen molar-refractivity contribution in [3.63, 3.8) is 0 Å². The molecule has 0 fully saturated rings. The first-order valence-electron chi connectivity index (χ1n) is 8.76. The second-order valence-corrected chi connectivity index (χ2v) is 6.24. The Hall–Kier alpha value is -2.95. The predicted molar refractivity (Wildman–Crippen MR) is 105 cm³/mol. The maximum Gasteiger partial charge on any atom is 0.240 e. The van der Waals surface area contributed by atoms with Gasteiger partial charge in [0.25, 0.3) is 0 Å². The number of carbonyl (C=O) groups is 2. The Bertz CT molecular complexity index is 770. The third-order valence-electron chi connectivity index (χ3n) is 3.93. The standard InChI is InChI=1S/C21H25N3O2/c1-16-10-11-17(2)19(15-16)23-20(25)12-13-21(26)24-22-14-6-9-18-7-4-3-5-8-18/h3-5,7-8,10-11,14-15H,6,9,12-13H2,1-2H3,(H,23,25)(H,24,26)/b22-14+. The summed E-state index contributed by atoms with van der Waals surface area (Å²) in [5.41, 5.74) is 6.55. The highest BCUT2D eigenvalue weighted by molar-refractivity contribution is 5.93. The molecule has 0 heterocycles. The van der Waals surface area contributed by atoms with Crippen molar-refractivity contribution < 1.29 is 9.59 Å². The summed E-state index contributed by atoms with van der Waals surface area (Å²) in [4.78, 5) is 23.7. The van der Waals surface area contributed by atoms with Crippen molar-refractivity contribution in [1.29, 1.82) is 0 Å². The monoisotopic (exact) mass is 351 g/mol. The van der Waals surface area contributed by atoms with Gasteiger partial charge in [0, 0.05) is 24.7 Å². The third-order valence-corrected chi connectivity index (χ3v) is 3.93. The quantitative estimate of drug-likeness (QED) is 0.561. The molecule has 2 aromatic carbocycles.